The summed E-state index contributed by atoms with van der Waals surface area (Å²) in [5.74, 6) is 5.86. The van der Waals surface area contributed by atoms with Crippen LogP contribution in [-0.2, 0) is 0 Å². The van der Waals surface area contributed by atoms with Crippen molar-refractivity contribution in [3.63, 3.8) is 0 Å². The molecule has 8 heterocycles. The first-order valence-electron chi connectivity index (χ1n) is 50.0. The minimum atomic E-state index is 0.637. The third-order valence-electron chi connectivity index (χ3n) is 28.2. The SMILES string of the molecule is c1ccc(-c2nc(-c3ccccc3)nc(-c3ccc(-n4c5ccccc5c5cc(-c6ccc7c(c6)c6ccccc6n7-c6ccccc6)ccc54)cc3)n2)cc1.c1ccc(-c2nc(-c3ccccc3)nc(-c3ccc(-n4c5ccccc5c5ccc(-c6ccc7c(c6)c6ccccc6n7-c6ccccc6)cc54)cc3)n2)cc1.c1ccc(-c2nc(-c3ccccc3)nc(-c3ccc(-n4c5ccccc5c5ccccc54)cc3)n2)cc1. The van der Waals surface area contributed by atoms with Gasteiger partial charge >= 0.3 is 0 Å². The van der Waals surface area contributed by atoms with Crippen LogP contribution in [0.5, 0.6) is 0 Å². The van der Waals surface area contributed by atoms with Gasteiger partial charge in [0.1, 0.15) is 0 Å². The Bertz CT molecular complexity index is 9870. The van der Waals surface area contributed by atoms with Crippen molar-refractivity contribution in [2.75, 3.05) is 0 Å². The highest BCUT2D eigenvalue weighted by molar-refractivity contribution is 6.16. The first kappa shape index (κ1) is 87.6. The number of nitrogens with zero attached hydrogens (tertiary/aromatic N) is 14. The molecular weight excluding hydrogens is 1820 g/mol. The maximum Gasteiger partial charge on any atom is 0.164 e. The monoisotopic (exact) mass is 1900 g/mol. The van der Waals surface area contributed by atoms with Crippen LogP contribution in [0.4, 0.5) is 0 Å². The third-order valence-corrected chi connectivity index (χ3v) is 28.2. The van der Waals surface area contributed by atoms with Crippen LogP contribution in [0.3, 0.4) is 0 Å². The lowest BCUT2D eigenvalue weighted by atomic mass is 10.0. The number of fused-ring (bicyclic) bond motifs is 15. The van der Waals surface area contributed by atoms with Gasteiger partial charge in [-0.15, -0.1) is 0 Å². The van der Waals surface area contributed by atoms with Crippen LogP contribution >= 0.6 is 0 Å². The van der Waals surface area contributed by atoms with Crippen LogP contribution in [0.15, 0.2) is 534 Å². The van der Waals surface area contributed by atoms with Gasteiger partial charge in [0.15, 0.2) is 52.4 Å². The van der Waals surface area contributed by atoms with Gasteiger partial charge in [-0.1, -0.05) is 358 Å². The van der Waals surface area contributed by atoms with Gasteiger partial charge in [-0.2, -0.15) is 0 Å². The lowest BCUT2D eigenvalue weighted by molar-refractivity contribution is 1.07. The molecule has 149 heavy (non-hydrogen) atoms. The summed E-state index contributed by atoms with van der Waals surface area (Å²) in [5.41, 5.74) is 30.6. The molecule has 0 amide bonds. The van der Waals surface area contributed by atoms with Crippen LogP contribution < -0.4 is 0 Å². The quantitative estimate of drug-likeness (QED) is 0.0924. The molecule has 29 rings (SSSR count). The van der Waals surface area contributed by atoms with Gasteiger partial charge in [-0.3, -0.25) is 0 Å². The zero-order chi connectivity index (χ0) is 98.6. The van der Waals surface area contributed by atoms with E-state index in [1.54, 1.807) is 0 Å². The van der Waals surface area contributed by atoms with E-state index in [0.717, 1.165) is 101 Å². The van der Waals surface area contributed by atoms with Gasteiger partial charge < -0.3 is 22.8 Å². The Morgan fingerprint density at radius 3 is 0.470 bits per heavy atom. The van der Waals surface area contributed by atoms with Crippen LogP contribution in [0.25, 0.3) is 262 Å². The lowest BCUT2D eigenvalue weighted by Crippen LogP contribution is -2.00. The molecule has 14 heteroatoms. The topological polar surface area (TPSA) is 141 Å². The molecule has 0 bridgehead atoms. The number of hydrogen-bond acceptors (Lipinski definition) is 9. The second kappa shape index (κ2) is 37.8. The number of benzene rings is 21. The molecule has 0 radical (unpaired) electrons. The summed E-state index contributed by atoms with van der Waals surface area (Å²) in [6.07, 6.45) is 0. The first-order valence-corrected chi connectivity index (χ1v) is 50.0. The van der Waals surface area contributed by atoms with Crippen molar-refractivity contribution in [2.24, 2.45) is 0 Å². The standard InChI is InChI=1S/2C51H33N5.C33H22N4/c1-4-14-34(15-5-1)49-52-50(35-16-6-2-7-17-35)54-51(53-49)36-24-28-40(29-25-36)56-45-22-12-10-20-41(45)43-30-26-38(33-48(43)56)37-27-31-47-44(32-37)42-21-11-13-23-46(42)55(47)39-18-8-3-9-19-39;1-4-14-34(15-5-1)49-52-50(35-16-6-2-7-17-35)54-51(53-49)36-24-28-40(29-25-36)56-46-23-13-11-21-42(46)44-33-38(27-31-48(44)56)37-26-30-47-43(32-37)41-20-10-12-22-45(41)55(47)39-18-8-3-9-19-39;1-3-11-23(12-4-1)31-34-32(24-13-5-2-6-14-24)36-33(35-31)25-19-21-26(22-20-25)37-29-17-9-7-15-27(29)28-16-8-10-18-30(28)37/h2*1-33H;1-22H. The summed E-state index contributed by atoms with van der Waals surface area (Å²) in [6.45, 7) is 0. The van der Waals surface area contributed by atoms with E-state index in [4.69, 9.17) is 44.9 Å². The highest BCUT2D eigenvalue weighted by Crippen LogP contribution is 2.44. The van der Waals surface area contributed by atoms with Crippen LogP contribution in [-0.4, -0.2) is 67.7 Å². The van der Waals surface area contributed by atoms with Crippen molar-refractivity contribution < 1.29 is 0 Å². The molecular formula is C135H88N14. The summed E-state index contributed by atoms with van der Waals surface area (Å²) in [7, 11) is 0. The zero-order valence-corrected chi connectivity index (χ0v) is 80.6. The Balaban J connectivity index is 0.000000113. The van der Waals surface area contributed by atoms with Crippen LogP contribution in [0, 0.1) is 0 Å². The second-order valence-corrected chi connectivity index (χ2v) is 37.1. The molecule has 29 aromatic rings. The van der Waals surface area contributed by atoms with Gasteiger partial charge in [-0.05, 0) is 198 Å². The summed E-state index contributed by atoms with van der Waals surface area (Å²) < 4.78 is 11.8. The minimum Gasteiger partial charge on any atom is -0.309 e. The average molecular weight is 1910 g/mol. The van der Waals surface area contributed by atoms with E-state index in [1.165, 1.54) is 109 Å². The zero-order valence-electron chi connectivity index (χ0n) is 80.6. The molecule has 0 atom stereocenters. The summed E-state index contributed by atoms with van der Waals surface area (Å²) in [5, 5.41) is 12.3. The van der Waals surface area contributed by atoms with E-state index in [-0.39, 0.29) is 0 Å². The molecule has 8 aromatic heterocycles. The largest absolute Gasteiger partial charge is 0.309 e. The van der Waals surface area contributed by atoms with Crippen molar-refractivity contribution in [2.45, 2.75) is 0 Å². The maximum atomic E-state index is 4.97. The van der Waals surface area contributed by atoms with Gasteiger partial charge in [0, 0.05) is 132 Å². The second-order valence-electron chi connectivity index (χ2n) is 37.1. The molecule has 0 saturated heterocycles. The van der Waals surface area contributed by atoms with E-state index in [1.807, 2.05) is 182 Å². The normalized spacial score (nSPS) is 11.5. The van der Waals surface area contributed by atoms with Crippen molar-refractivity contribution in [1.29, 1.82) is 0 Å². The predicted molar refractivity (Wildman–Crippen MR) is 611 cm³/mol. The number of rotatable bonds is 16. The molecule has 0 N–H and O–H groups in total. The van der Waals surface area contributed by atoms with Crippen molar-refractivity contribution in [3.8, 4) is 153 Å². The van der Waals surface area contributed by atoms with Gasteiger partial charge in [0.25, 0.3) is 0 Å². The highest BCUT2D eigenvalue weighted by Gasteiger charge is 2.24. The Hall–Kier alpha value is -20.4. The number of hydrogen-bond donors (Lipinski definition) is 0. The molecule has 0 unspecified atom stereocenters. The Labute approximate surface area is 857 Å². The molecule has 0 spiro atoms. The molecule has 21 aromatic carbocycles. The van der Waals surface area contributed by atoms with Crippen molar-refractivity contribution in [3.05, 3.63) is 534 Å². The van der Waals surface area contributed by atoms with E-state index in [9.17, 15) is 0 Å². The minimum absolute atomic E-state index is 0.637. The maximum absolute atomic E-state index is 4.97. The molecule has 0 saturated carbocycles. The number of para-hydroxylation sites is 8. The van der Waals surface area contributed by atoms with Crippen molar-refractivity contribution in [1.82, 2.24) is 67.7 Å². The van der Waals surface area contributed by atoms with E-state index >= 15 is 0 Å². The summed E-state index contributed by atoms with van der Waals surface area (Å²) >= 11 is 0. The number of aromatic nitrogens is 14. The predicted octanol–water partition coefficient (Wildman–Crippen LogP) is 33.4. The Kier molecular flexibility index (Phi) is 22.3. The fraction of sp³-hybridized carbons (Fsp3) is 0. The Morgan fingerprint density at radius 2 is 0.242 bits per heavy atom. The Morgan fingerprint density at radius 1 is 0.0940 bits per heavy atom. The lowest BCUT2D eigenvalue weighted by Gasteiger charge is -2.11. The molecule has 14 nitrogen and oxygen atoms in total. The van der Waals surface area contributed by atoms with Crippen molar-refractivity contribution >= 4 is 109 Å². The first-order chi connectivity index (χ1) is 73.9. The van der Waals surface area contributed by atoms with Gasteiger partial charge in [0.05, 0.1) is 55.2 Å². The summed E-state index contributed by atoms with van der Waals surface area (Å²) in [4.78, 5) is 44.1. The third kappa shape index (κ3) is 16.3. The summed E-state index contributed by atoms with van der Waals surface area (Å²) in [6, 6.07) is 187. The van der Waals surface area contributed by atoms with Crippen LogP contribution in [0.2, 0.25) is 0 Å². The molecule has 0 aliphatic rings. The van der Waals surface area contributed by atoms with E-state index in [2.05, 4.69) is 375 Å². The molecule has 0 aliphatic carbocycles. The van der Waals surface area contributed by atoms with E-state index < -0.39 is 0 Å². The smallest absolute Gasteiger partial charge is 0.164 e. The fourth-order valence-electron chi connectivity index (χ4n) is 21.2. The molecule has 0 fully saturated rings. The van der Waals surface area contributed by atoms with Crippen LogP contribution in [0.1, 0.15) is 0 Å². The fourth-order valence-corrected chi connectivity index (χ4v) is 21.2. The molecule has 0 aliphatic heterocycles. The molecule has 698 valence electrons. The van der Waals surface area contributed by atoms with Gasteiger partial charge in [0.2, 0.25) is 0 Å². The highest BCUT2D eigenvalue weighted by atomic mass is 15.1. The van der Waals surface area contributed by atoms with Gasteiger partial charge in [-0.25, -0.2) is 44.9 Å². The van der Waals surface area contributed by atoms with E-state index in [0.29, 0.717) is 52.4 Å². The average Bonchev–Trinajstić information content (AvgIpc) is 1.57.